The van der Waals surface area contributed by atoms with Crippen LogP contribution in [0.1, 0.15) is 56.4 Å². The lowest BCUT2D eigenvalue weighted by atomic mass is 9.83. The number of aryl methyl sites for hydroxylation is 2. The van der Waals surface area contributed by atoms with Crippen LogP contribution in [0.25, 0.3) is 0 Å². The minimum Gasteiger partial charge on any atom is -0.356 e. The Morgan fingerprint density at radius 1 is 1.24 bits per heavy atom. The van der Waals surface area contributed by atoms with E-state index in [-0.39, 0.29) is 17.2 Å². The maximum Gasteiger partial charge on any atom is 0.223 e. The molecule has 0 heterocycles. The molecule has 2 rings (SSSR count). The number of hydrogen-bond acceptors (Lipinski definition) is 1. The Morgan fingerprint density at radius 2 is 1.76 bits per heavy atom. The van der Waals surface area contributed by atoms with Crippen LogP contribution in [0, 0.1) is 25.7 Å². The molecule has 1 aromatic rings. The molecule has 1 aliphatic carbocycles. The topological polar surface area (TPSA) is 29.1 Å². The van der Waals surface area contributed by atoms with Gasteiger partial charge in [0.05, 0.1) is 0 Å². The quantitative estimate of drug-likeness (QED) is 0.893. The molecule has 0 aliphatic heterocycles. The molecular formula is C19H29NO. The monoisotopic (exact) mass is 287 g/mol. The Kier molecular flexibility index (Phi) is 4.46. The number of rotatable bonds is 4. The minimum absolute atomic E-state index is 0.185. The molecule has 1 aliphatic rings. The molecular weight excluding hydrogens is 258 g/mol. The Balaban J connectivity index is 1.99. The van der Waals surface area contributed by atoms with Gasteiger partial charge >= 0.3 is 0 Å². The summed E-state index contributed by atoms with van der Waals surface area (Å²) in [5, 5.41) is 3.08. The molecule has 0 aromatic heterocycles. The second kappa shape index (κ2) is 5.82. The van der Waals surface area contributed by atoms with Crippen molar-refractivity contribution >= 4 is 5.91 Å². The van der Waals surface area contributed by atoms with Crippen molar-refractivity contribution in [3.8, 4) is 0 Å². The van der Waals surface area contributed by atoms with Crippen molar-refractivity contribution in [2.45, 2.75) is 59.8 Å². The fourth-order valence-corrected chi connectivity index (χ4v) is 2.95. The molecule has 21 heavy (non-hydrogen) atoms. The summed E-state index contributed by atoms with van der Waals surface area (Å²) in [5.41, 5.74) is 5.64. The lowest BCUT2D eigenvalue weighted by Gasteiger charge is -2.22. The summed E-state index contributed by atoms with van der Waals surface area (Å²) in [6, 6.07) is 4.60. The first-order chi connectivity index (χ1) is 9.70. The maximum atomic E-state index is 11.9. The van der Waals surface area contributed by atoms with Gasteiger partial charge < -0.3 is 5.32 Å². The van der Waals surface area contributed by atoms with Gasteiger partial charge in [-0.2, -0.15) is 0 Å². The van der Waals surface area contributed by atoms with Crippen molar-refractivity contribution in [2.24, 2.45) is 11.8 Å². The van der Waals surface area contributed by atoms with Crippen LogP contribution in [0.5, 0.6) is 0 Å². The Labute approximate surface area is 129 Å². The van der Waals surface area contributed by atoms with Crippen LogP contribution in [0.4, 0.5) is 0 Å². The van der Waals surface area contributed by atoms with Crippen LogP contribution in [0.2, 0.25) is 0 Å². The van der Waals surface area contributed by atoms with Crippen LogP contribution in [0.15, 0.2) is 12.1 Å². The zero-order valence-corrected chi connectivity index (χ0v) is 14.3. The third-order valence-electron chi connectivity index (χ3n) is 4.68. The molecule has 1 amide bonds. The first-order valence-corrected chi connectivity index (χ1v) is 8.08. The van der Waals surface area contributed by atoms with E-state index in [0.717, 1.165) is 19.4 Å². The molecule has 0 bridgehead atoms. The fourth-order valence-electron chi connectivity index (χ4n) is 2.95. The number of nitrogens with one attached hydrogen (secondary N) is 1. The van der Waals surface area contributed by atoms with Gasteiger partial charge in [0.1, 0.15) is 0 Å². The summed E-state index contributed by atoms with van der Waals surface area (Å²) in [4.78, 5) is 11.9. The molecule has 1 N–H and O–H groups in total. The van der Waals surface area contributed by atoms with Gasteiger partial charge in [0, 0.05) is 12.5 Å². The van der Waals surface area contributed by atoms with Crippen LogP contribution < -0.4 is 5.32 Å². The highest BCUT2D eigenvalue weighted by molar-refractivity contribution is 5.81. The van der Waals surface area contributed by atoms with Gasteiger partial charge in [-0.3, -0.25) is 4.79 Å². The smallest absolute Gasteiger partial charge is 0.223 e. The highest BCUT2D eigenvalue weighted by atomic mass is 16.2. The summed E-state index contributed by atoms with van der Waals surface area (Å²) in [6.07, 6.45) is 1.99. The Morgan fingerprint density at radius 3 is 2.19 bits per heavy atom. The second-order valence-corrected chi connectivity index (χ2v) is 7.70. The standard InChI is InChI=1S/C19H29NO/c1-12-9-15(19(4,5)6)10-13(2)16(12)7-8-20-18(21)17-11-14(17)3/h9-10,14,17H,7-8,11H2,1-6H3,(H,20,21)/t14-,17-/m0/s1. The highest BCUT2D eigenvalue weighted by Crippen LogP contribution is 2.37. The molecule has 1 fully saturated rings. The number of amides is 1. The van der Waals surface area contributed by atoms with Crippen molar-refractivity contribution in [1.82, 2.24) is 5.32 Å². The van der Waals surface area contributed by atoms with Crippen molar-refractivity contribution in [3.63, 3.8) is 0 Å². The van der Waals surface area contributed by atoms with E-state index in [2.05, 4.69) is 59.0 Å². The Hall–Kier alpha value is -1.31. The summed E-state index contributed by atoms with van der Waals surface area (Å²) in [7, 11) is 0. The Bertz CT molecular complexity index is 516. The highest BCUT2D eigenvalue weighted by Gasteiger charge is 2.38. The summed E-state index contributed by atoms with van der Waals surface area (Å²) < 4.78 is 0. The third kappa shape index (κ3) is 3.87. The van der Waals surface area contributed by atoms with E-state index in [1.807, 2.05) is 0 Å². The van der Waals surface area contributed by atoms with E-state index in [4.69, 9.17) is 0 Å². The van der Waals surface area contributed by atoms with Crippen molar-refractivity contribution < 1.29 is 4.79 Å². The average Bonchev–Trinajstić information content (AvgIpc) is 3.08. The lowest BCUT2D eigenvalue weighted by molar-refractivity contribution is -0.122. The van der Waals surface area contributed by atoms with Crippen LogP contribution in [-0.2, 0) is 16.6 Å². The SMILES string of the molecule is Cc1cc(C(C)(C)C)cc(C)c1CCNC(=O)[C@H]1C[C@@H]1C. The minimum atomic E-state index is 0.185. The molecule has 2 heteroatoms. The lowest BCUT2D eigenvalue weighted by Crippen LogP contribution is -2.28. The van der Waals surface area contributed by atoms with Gasteiger partial charge in [0.15, 0.2) is 0 Å². The van der Waals surface area contributed by atoms with Crippen molar-refractivity contribution in [1.29, 1.82) is 0 Å². The molecule has 116 valence electrons. The van der Waals surface area contributed by atoms with Gasteiger partial charge in [0.2, 0.25) is 5.91 Å². The van der Waals surface area contributed by atoms with E-state index in [9.17, 15) is 4.79 Å². The number of hydrogen-bond donors (Lipinski definition) is 1. The largest absolute Gasteiger partial charge is 0.356 e. The third-order valence-corrected chi connectivity index (χ3v) is 4.68. The zero-order valence-electron chi connectivity index (χ0n) is 14.3. The first-order valence-electron chi connectivity index (χ1n) is 8.08. The van der Waals surface area contributed by atoms with Crippen molar-refractivity contribution in [3.05, 3.63) is 34.4 Å². The normalized spacial score (nSPS) is 21.2. The van der Waals surface area contributed by atoms with Crippen LogP contribution in [0.3, 0.4) is 0 Å². The molecule has 2 nitrogen and oxygen atoms in total. The summed E-state index contributed by atoms with van der Waals surface area (Å²) in [5.74, 6) is 1.10. The summed E-state index contributed by atoms with van der Waals surface area (Å²) in [6.45, 7) is 14.0. The fraction of sp³-hybridized carbons (Fsp3) is 0.632. The van der Waals surface area contributed by atoms with Gasteiger partial charge in [-0.1, -0.05) is 39.8 Å². The maximum absolute atomic E-state index is 11.9. The van der Waals surface area contributed by atoms with Crippen molar-refractivity contribution in [2.75, 3.05) is 6.54 Å². The van der Waals surface area contributed by atoms with Crippen LogP contribution in [-0.4, -0.2) is 12.5 Å². The van der Waals surface area contributed by atoms with Gasteiger partial charge in [0.25, 0.3) is 0 Å². The van der Waals surface area contributed by atoms with E-state index < -0.39 is 0 Å². The molecule has 1 aromatic carbocycles. The zero-order chi connectivity index (χ0) is 15.8. The number of carbonyl (C=O) groups is 1. The van der Waals surface area contributed by atoms with E-state index in [1.54, 1.807) is 0 Å². The second-order valence-electron chi connectivity index (χ2n) is 7.70. The molecule has 0 unspecified atom stereocenters. The molecule has 0 saturated heterocycles. The van der Waals surface area contributed by atoms with E-state index in [1.165, 1.54) is 22.3 Å². The predicted molar refractivity (Wildman–Crippen MR) is 88.6 cm³/mol. The van der Waals surface area contributed by atoms with Gasteiger partial charge in [-0.15, -0.1) is 0 Å². The first kappa shape index (κ1) is 16.1. The predicted octanol–water partition coefficient (Wildman–Crippen LogP) is 3.92. The summed E-state index contributed by atoms with van der Waals surface area (Å²) >= 11 is 0. The van der Waals surface area contributed by atoms with E-state index >= 15 is 0 Å². The van der Waals surface area contributed by atoms with E-state index in [0.29, 0.717) is 5.92 Å². The average molecular weight is 287 g/mol. The number of benzene rings is 1. The number of carbonyl (C=O) groups excluding carboxylic acids is 1. The molecule has 2 atom stereocenters. The van der Waals surface area contributed by atoms with Gasteiger partial charge in [-0.05, 0) is 60.3 Å². The molecule has 0 spiro atoms. The molecule has 0 radical (unpaired) electrons. The van der Waals surface area contributed by atoms with Gasteiger partial charge in [-0.25, -0.2) is 0 Å². The van der Waals surface area contributed by atoms with Crippen LogP contribution >= 0.6 is 0 Å². The molecule has 1 saturated carbocycles.